The first-order valence-corrected chi connectivity index (χ1v) is 7.23. The molecule has 0 aliphatic rings. The maximum Gasteiger partial charge on any atom is 0.313 e. The molecule has 0 amide bonds. The van der Waals surface area contributed by atoms with E-state index in [1.54, 1.807) is 12.4 Å². The van der Waals surface area contributed by atoms with Crippen molar-refractivity contribution in [3.8, 4) is 0 Å². The predicted molar refractivity (Wildman–Crippen MR) is 74.6 cm³/mol. The molecule has 0 spiro atoms. The number of rotatable bonds is 6. The van der Waals surface area contributed by atoms with Crippen molar-refractivity contribution in [1.82, 2.24) is 15.2 Å². The number of carboxylic acids is 1. The summed E-state index contributed by atoms with van der Waals surface area (Å²) in [6.07, 6.45) is 3.53. The van der Waals surface area contributed by atoms with Crippen LogP contribution >= 0.6 is 23.1 Å². The lowest BCUT2D eigenvalue weighted by atomic mass is 10.3. The summed E-state index contributed by atoms with van der Waals surface area (Å²) in [5.74, 6) is -0.855. The van der Waals surface area contributed by atoms with Gasteiger partial charge in [0.25, 0.3) is 0 Å². The molecule has 0 aliphatic heterocycles. The van der Waals surface area contributed by atoms with Crippen LogP contribution in [0, 0.1) is 0 Å². The predicted octanol–water partition coefficient (Wildman–Crippen LogP) is 1.75. The van der Waals surface area contributed by atoms with Crippen molar-refractivity contribution >= 4 is 34.2 Å². The quantitative estimate of drug-likeness (QED) is 0.813. The number of carboxylic acid groups (broad SMARTS) is 1. The number of hydrogen-bond donors (Lipinski definition) is 1. The van der Waals surface area contributed by atoms with E-state index in [9.17, 15) is 4.79 Å². The van der Waals surface area contributed by atoms with Crippen molar-refractivity contribution in [1.29, 1.82) is 0 Å². The van der Waals surface area contributed by atoms with Crippen LogP contribution in [0.3, 0.4) is 0 Å². The highest BCUT2D eigenvalue weighted by Gasteiger charge is 2.11. The van der Waals surface area contributed by atoms with E-state index in [1.807, 2.05) is 24.1 Å². The second kappa shape index (κ2) is 6.48. The van der Waals surface area contributed by atoms with E-state index in [2.05, 4.69) is 15.2 Å². The van der Waals surface area contributed by atoms with Gasteiger partial charge in [-0.25, -0.2) is 0 Å². The second-order valence-corrected chi connectivity index (χ2v) is 5.93. The van der Waals surface area contributed by atoms with Crippen molar-refractivity contribution in [2.45, 2.75) is 10.9 Å². The van der Waals surface area contributed by atoms with Crippen LogP contribution in [-0.2, 0) is 11.3 Å². The van der Waals surface area contributed by atoms with Gasteiger partial charge >= 0.3 is 5.97 Å². The Hall–Kier alpha value is -1.67. The van der Waals surface area contributed by atoms with Crippen LogP contribution in [-0.4, -0.2) is 39.1 Å². The summed E-state index contributed by atoms with van der Waals surface area (Å²) in [6.45, 7) is 0.687. The van der Waals surface area contributed by atoms with E-state index in [0.717, 1.165) is 10.7 Å². The molecule has 100 valence electrons. The highest BCUT2D eigenvalue weighted by atomic mass is 32.2. The van der Waals surface area contributed by atoms with Crippen molar-refractivity contribution in [3.63, 3.8) is 0 Å². The van der Waals surface area contributed by atoms with E-state index in [0.29, 0.717) is 10.9 Å². The highest BCUT2D eigenvalue weighted by Crippen LogP contribution is 2.27. The summed E-state index contributed by atoms with van der Waals surface area (Å²) in [5, 5.41) is 17.4. The third-order valence-corrected chi connectivity index (χ3v) is 4.34. The molecule has 0 atom stereocenters. The molecular weight excluding hydrogens is 284 g/mol. The van der Waals surface area contributed by atoms with Gasteiger partial charge in [0, 0.05) is 26.0 Å². The number of aromatic nitrogens is 3. The molecule has 6 nitrogen and oxygen atoms in total. The van der Waals surface area contributed by atoms with Crippen LogP contribution in [0.2, 0.25) is 0 Å². The lowest BCUT2D eigenvalue weighted by molar-refractivity contribution is -0.133. The zero-order chi connectivity index (χ0) is 13.7. The molecule has 2 aromatic rings. The molecule has 0 bridgehead atoms. The fraction of sp³-hybridized carbons (Fsp3) is 0.273. The molecule has 0 aliphatic carbocycles. The monoisotopic (exact) mass is 296 g/mol. The second-order valence-electron chi connectivity index (χ2n) is 3.75. The number of carbonyl (C=O) groups is 1. The Labute approximate surface area is 118 Å². The minimum atomic E-state index is -0.856. The number of hydrogen-bond acceptors (Lipinski definition) is 7. The first-order valence-electron chi connectivity index (χ1n) is 5.43. The molecule has 0 fully saturated rings. The normalized spacial score (nSPS) is 10.4. The largest absolute Gasteiger partial charge is 0.481 e. The minimum absolute atomic E-state index is 0.000945. The molecule has 0 saturated carbocycles. The Bertz CT molecular complexity index is 547. The third-order valence-electron chi connectivity index (χ3n) is 2.18. The summed E-state index contributed by atoms with van der Waals surface area (Å²) < 4.78 is 0.662. The van der Waals surface area contributed by atoms with Gasteiger partial charge in [0.05, 0.1) is 5.75 Å². The van der Waals surface area contributed by atoms with E-state index in [-0.39, 0.29) is 5.75 Å². The number of aliphatic carboxylic acids is 1. The van der Waals surface area contributed by atoms with Gasteiger partial charge in [-0.05, 0) is 11.6 Å². The standard InChI is InChI=1S/C11H12N4O2S2/c1-15(6-8-3-2-4-12-5-8)10-13-14-11(19-10)18-7-9(16)17/h2-5H,6-7H2,1H3,(H,16,17). The van der Waals surface area contributed by atoms with E-state index in [1.165, 1.54) is 23.1 Å². The molecule has 0 aromatic carbocycles. The van der Waals surface area contributed by atoms with Gasteiger partial charge < -0.3 is 10.0 Å². The number of nitrogens with zero attached hydrogens (tertiary/aromatic N) is 4. The average molecular weight is 296 g/mol. The first kappa shape index (κ1) is 13.8. The molecule has 0 saturated heterocycles. The van der Waals surface area contributed by atoms with Crippen molar-refractivity contribution in [3.05, 3.63) is 30.1 Å². The lowest BCUT2D eigenvalue weighted by Crippen LogP contribution is -2.16. The van der Waals surface area contributed by atoms with Crippen LogP contribution in [0.15, 0.2) is 28.9 Å². The molecular formula is C11H12N4O2S2. The number of thioether (sulfide) groups is 1. The van der Waals surface area contributed by atoms with Gasteiger partial charge in [0.15, 0.2) is 4.34 Å². The maximum absolute atomic E-state index is 10.5. The number of pyridine rings is 1. The van der Waals surface area contributed by atoms with E-state index < -0.39 is 5.97 Å². The van der Waals surface area contributed by atoms with Crippen molar-refractivity contribution < 1.29 is 9.90 Å². The SMILES string of the molecule is CN(Cc1cccnc1)c1nnc(SCC(=O)O)s1. The third kappa shape index (κ3) is 4.18. The Kier molecular flexibility index (Phi) is 4.69. The Morgan fingerprint density at radius 2 is 2.37 bits per heavy atom. The molecule has 2 aromatic heterocycles. The van der Waals surface area contributed by atoms with Crippen LogP contribution in [0.4, 0.5) is 5.13 Å². The van der Waals surface area contributed by atoms with Gasteiger partial charge in [-0.15, -0.1) is 10.2 Å². The zero-order valence-corrected chi connectivity index (χ0v) is 11.8. The van der Waals surface area contributed by atoms with Crippen LogP contribution in [0.25, 0.3) is 0 Å². The Balaban J connectivity index is 1.96. The summed E-state index contributed by atoms with van der Waals surface area (Å²) in [4.78, 5) is 16.5. The smallest absolute Gasteiger partial charge is 0.313 e. The van der Waals surface area contributed by atoms with Crippen molar-refractivity contribution in [2.24, 2.45) is 0 Å². The lowest BCUT2D eigenvalue weighted by Gasteiger charge is -2.14. The Morgan fingerprint density at radius 3 is 3.05 bits per heavy atom. The molecule has 2 heterocycles. The average Bonchev–Trinajstić information content (AvgIpc) is 2.86. The topological polar surface area (TPSA) is 79.2 Å². The van der Waals surface area contributed by atoms with Crippen molar-refractivity contribution in [2.75, 3.05) is 17.7 Å². The van der Waals surface area contributed by atoms with E-state index >= 15 is 0 Å². The molecule has 8 heteroatoms. The maximum atomic E-state index is 10.5. The van der Waals surface area contributed by atoms with Crippen LogP contribution in [0.5, 0.6) is 0 Å². The summed E-state index contributed by atoms with van der Waals surface area (Å²) in [5.41, 5.74) is 1.08. The van der Waals surface area contributed by atoms with Gasteiger partial charge in [-0.3, -0.25) is 9.78 Å². The zero-order valence-electron chi connectivity index (χ0n) is 10.2. The van der Waals surface area contributed by atoms with Gasteiger partial charge in [-0.1, -0.05) is 29.2 Å². The van der Waals surface area contributed by atoms with E-state index in [4.69, 9.17) is 5.11 Å². The summed E-state index contributed by atoms with van der Waals surface area (Å²) >= 11 is 2.56. The molecule has 1 N–H and O–H groups in total. The summed E-state index contributed by atoms with van der Waals surface area (Å²) in [6, 6.07) is 3.88. The van der Waals surface area contributed by atoms with Gasteiger partial charge in [0.2, 0.25) is 5.13 Å². The van der Waals surface area contributed by atoms with Gasteiger partial charge in [0.1, 0.15) is 0 Å². The molecule has 2 rings (SSSR count). The van der Waals surface area contributed by atoms with Crippen LogP contribution in [0.1, 0.15) is 5.56 Å². The Morgan fingerprint density at radius 1 is 1.53 bits per heavy atom. The summed E-state index contributed by atoms with van der Waals surface area (Å²) in [7, 11) is 1.92. The fourth-order valence-electron chi connectivity index (χ4n) is 1.37. The minimum Gasteiger partial charge on any atom is -0.481 e. The van der Waals surface area contributed by atoms with Crippen LogP contribution < -0.4 is 4.90 Å². The first-order chi connectivity index (χ1) is 9.15. The highest BCUT2D eigenvalue weighted by molar-refractivity contribution is 8.01. The fourth-order valence-corrected chi connectivity index (χ4v) is 2.89. The van der Waals surface area contributed by atoms with Gasteiger partial charge in [-0.2, -0.15) is 0 Å². The molecule has 19 heavy (non-hydrogen) atoms. The molecule has 0 radical (unpaired) electrons. The molecule has 0 unspecified atom stereocenters. The number of anilines is 1.